The zero-order valence-corrected chi connectivity index (χ0v) is 19.6. The van der Waals surface area contributed by atoms with E-state index in [1.807, 2.05) is 24.8 Å². The number of benzene rings is 2. The normalized spacial score (nSPS) is 14.0. The van der Waals surface area contributed by atoms with Crippen molar-refractivity contribution in [1.29, 1.82) is 0 Å². The Labute approximate surface area is 197 Å². The summed E-state index contributed by atoms with van der Waals surface area (Å²) >= 11 is 18.4. The van der Waals surface area contributed by atoms with Crippen LogP contribution in [0.1, 0.15) is 13.8 Å². The highest BCUT2D eigenvalue weighted by Gasteiger charge is 2.24. The van der Waals surface area contributed by atoms with E-state index in [2.05, 4.69) is 10.2 Å². The predicted octanol–water partition coefficient (Wildman–Crippen LogP) is 4.97. The summed E-state index contributed by atoms with van der Waals surface area (Å²) in [6.45, 7) is 6.36. The molecule has 0 aromatic heterocycles. The molecule has 2 aromatic rings. The van der Waals surface area contributed by atoms with Crippen LogP contribution in [0.3, 0.4) is 0 Å². The smallest absolute Gasteiger partial charge is 0.262 e. The van der Waals surface area contributed by atoms with Gasteiger partial charge in [0.2, 0.25) is 5.91 Å². The monoisotopic (exact) mass is 483 g/mol. The SMILES string of the molecule is CC(C)C(=O)N1CCN(c2ccc(NC(=O)COc3ccc(Cl)cc3Cl)cc2Cl)CC1. The van der Waals surface area contributed by atoms with Gasteiger partial charge in [0.15, 0.2) is 6.61 Å². The van der Waals surface area contributed by atoms with Crippen molar-refractivity contribution in [3.63, 3.8) is 0 Å². The fourth-order valence-corrected chi connectivity index (χ4v) is 4.07. The number of rotatable bonds is 6. The summed E-state index contributed by atoms with van der Waals surface area (Å²) in [5, 5.41) is 4.12. The second-order valence-electron chi connectivity index (χ2n) is 7.54. The molecule has 6 nitrogen and oxygen atoms in total. The number of halogens is 3. The van der Waals surface area contributed by atoms with Crippen molar-refractivity contribution in [2.75, 3.05) is 43.0 Å². The van der Waals surface area contributed by atoms with Gasteiger partial charge in [0.1, 0.15) is 5.75 Å². The molecule has 1 fully saturated rings. The van der Waals surface area contributed by atoms with Crippen LogP contribution >= 0.6 is 34.8 Å². The Morgan fingerprint density at radius 3 is 2.32 bits per heavy atom. The van der Waals surface area contributed by atoms with Crippen LogP contribution in [0.2, 0.25) is 15.1 Å². The fraction of sp³-hybridized carbons (Fsp3) is 0.364. The van der Waals surface area contributed by atoms with Gasteiger partial charge in [0.05, 0.1) is 15.7 Å². The van der Waals surface area contributed by atoms with Gasteiger partial charge in [-0.3, -0.25) is 9.59 Å². The number of hydrogen-bond donors (Lipinski definition) is 1. The Morgan fingerprint density at radius 1 is 1.00 bits per heavy atom. The van der Waals surface area contributed by atoms with Crippen molar-refractivity contribution >= 4 is 58.0 Å². The van der Waals surface area contributed by atoms with Gasteiger partial charge in [-0.25, -0.2) is 0 Å². The molecule has 2 aromatic carbocycles. The molecule has 1 heterocycles. The van der Waals surface area contributed by atoms with Crippen LogP contribution in [-0.2, 0) is 9.59 Å². The first-order valence-corrected chi connectivity index (χ1v) is 11.1. The van der Waals surface area contributed by atoms with E-state index in [1.54, 1.807) is 30.3 Å². The number of anilines is 2. The first kappa shape index (κ1) is 23.5. The number of carbonyl (C=O) groups excluding carboxylic acids is 2. The van der Waals surface area contributed by atoms with E-state index in [4.69, 9.17) is 39.5 Å². The molecule has 0 spiro atoms. The van der Waals surface area contributed by atoms with Gasteiger partial charge < -0.3 is 19.9 Å². The lowest BCUT2D eigenvalue weighted by molar-refractivity contribution is -0.134. The van der Waals surface area contributed by atoms with E-state index in [-0.39, 0.29) is 24.3 Å². The quantitative estimate of drug-likeness (QED) is 0.629. The first-order valence-electron chi connectivity index (χ1n) is 9.95. The summed E-state index contributed by atoms with van der Waals surface area (Å²) in [5.74, 6) is 0.212. The standard InChI is InChI=1S/C22H24Cl3N3O3/c1-14(2)22(30)28-9-7-27(8-10-28)19-5-4-16(12-17(19)24)26-21(29)13-31-20-6-3-15(23)11-18(20)25/h3-6,11-12,14H,7-10,13H2,1-2H3,(H,26,29). The molecule has 1 N–H and O–H groups in total. The van der Waals surface area contributed by atoms with Crippen molar-refractivity contribution in [2.45, 2.75) is 13.8 Å². The lowest BCUT2D eigenvalue weighted by Gasteiger charge is -2.37. The number of amides is 2. The predicted molar refractivity (Wildman–Crippen MR) is 126 cm³/mol. The maximum atomic E-state index is 12.2. The summed E-state index contributed by atoms with van der Waals surface area (Å²) in [6, 6.07) is 10.2. The summed E-state index contributed by atoms with van der Waals surface area (Å²) in [5.41, 5.74) is 1.44. The van der Waals surface area contributed by atoms with Crippen LogP contribution < -0.4 is 15.0 Å². The van der Waals surface area contributed by atoms with Crippen molar-refractivity contribution in [2.24, 2.45) is 5.92 Å². The second-order valence-corrected chi connectivity index (χ2v) is 8.80. The molecule has 0 saturated carbocycles. The molecule has 0 aliphatic carbocycles. The van der Waals surface area contributed by atoms with Crippen LogP contribution in [0.15, 0.2) is 36.4 Å². The third-order valence-corrected chi connectivity index (χ3v) is 5.74. The van der Waals surface area contributed by atoms with Crippen molar-refractivity contribution in [3.8, 4) is 5.75 Å². The molecule has 1 saturated heterocycles. The Morgan fingerprint density at radius 2 is 1.71 bits per heavy atom. The summed E-state index contributed by atoms with van der Waals surface area (Å²) in [6.07, 6.45) is 0. The van der Waals surface area contributed by atoms with E-state index in [1.165, 1.54) is 0 Å². The van der Waals surface area contributed by atoms with Gasteiger partial charge in [0, 0.05) is 42.8 Å². The average molecular weight is 485 g/mol. The van der Waals surface area contributed by atoms with Crippen LogP contribution in [-0.4, -0.2) is 49.5 Å². The largest absolute Gasteiger partial charge is 0.482 e. The van der Waals surface area contributed by atoms with Crippen molar-refractivity contribution in [3.05, 3.63) is 51.5 Å². The lowest BCUT2D eigenvalue weighted by atomic mass is 10.1. The van der Waals surface area contributed by atoms with E-state index in [0.29, 0.717) is 52.7 Å². The van der Waals surface area contributed by atoms with Gasteiger partial charge in [0.25, 0.3) is 5.91 Å². The van der Waals surface area contributed by atoms with Crippen LogP contribution in [0, 0.1) is 5.92 Å². The van der Waals surface area contributed by atoms with E-state index in [9.17, 15) is 9.59 Å². The minimum Gasteiger partial charge on any atom is -0.482 e. The summed E-state index contributed by atoms with van der Waals surface area (Å²) < 4.78 is 5.44. The van der Waals surface area contributed by atoms with E-state index in [0.717, 1.165) is 5.69 Å². The molecule has 3 rings (SSSR count). The Hall–Kier alpha value is -2.15. The molecule has 166 valence electrons. The van der Waals surface area contributed by atoms with Crippen molar-refractivity contribution < 1.29 is 14.3 Å². The number of nitrogens with zero attached hydrogens (tertiary/aromatic N) is 2. The van der Waals surface area contributed by atoms with Gasteiger partial charge in [-0.1, -0.05) is 48.7 Å². The summed E-state index contributed by atoms with van der Waals surface area (Å²) in [7, 11) is 0. The molecular weight excluding hydrogens is 461 g/mol. The zero-order valence-electron chi connectivity index (χ0n) is 17.3. The molecule has 0 bridgehead atoms. The second kappa shape index (κ2) is 10.4. The first-order chi connectivity index (χ1) is 14.7. The summed E-state index contributed by atoms with van der Waals surface area (Å²) in [4.78, 5) is 28.4. The highest BCUT2D eigenvalue weighted by Crippen LogP contribution is 2.30. The maximum Gasteiger partial charge on any atom is 0.262 e. The molecule has 9 heteroatoms. The van der Waals surface area contributed by atoms with Crippen LogP contribution in [0.5, 0.6) is 5.75 Å². The lowest BCUT2D eigenvalue weighted by Crippen LogP contribution is -2.50. The average Bonchev–Trinajstić information content (AvgIpc) is 2.73. The third-order valence-electron chi connectivity index (χ3n) is 4.91. The van der Waals surface area contributed by atoms with Gasteiger partial charge in [-0.2, -0.15) is 0 Å². The highest BCUT2D eigenvalue weighted by atomic mass is 35.5. The van der Waals surface area contributed by atoms with Crippen molar-refractivity contribution in [1.82, 2.24) is 4.90 Å². The molecule has 0 radical (unpaired) electrons. The maximum absolute atomic E-state index is 12.2. The fourth-order valence-electron chi connectivity index (χ4n) is 3.31. The Kier molecular flexibility index (Phi) is 7.92. The minimum absolute atomic E-state index is 0.00210. The zero-order chi connectivity index (χ0) is 22.5. The molecular formula is C22H24Cl3N3O3. The number of ether oxygens (including phenoxy) is 1. The number of nitrogens with one attached hydrogen (secondary N) is 1. The molecule has 2 amide bonds. The number of carbonyl (C=O) groups is 2. The van der Waals surface area contributed by atoms with E-state index >= 15 is 0 Å². The topological polar surface area (TPSA) is 61.9 Å². The van der Waals surface area contributed by atoms with Crippen LogP contribution in [0.25, 0.3) is 0 Å². The minimum atomic E-state index is -0.337. The van der Waals surface area contributed by atoms with Gasteiger partial charge in [-0.05, 0) is 36.4 Å². The number of piperazine rings is 1. The molecule has 0 atom stereocenters. The van der Waals surface area contributed by atoms with E-state index < -0.39 is 0 Å². The molecule has 1 aliphatic heterocycles. The third kappa shape index (κ3) is 6.19. The Bertz CT molecular complexity index is 960. The Balaban J connectivity index is 1.54. The van der Waals surface area contributed by atoms with Gasteiger partial charge in [-0.15, -0.1) is 0 Å². The molecule has 31 heavy (non-hydrogen) atoms. The highest BCUT2D eigenvalue weighted by molar-refractivity contribution is 6.35. The van der Waals surface area contributed by atoms with Gasteiger partial charge >= 0.3 is 0 Å². The van der Waals surface area contributed by atoms with Crippen LogP contribution in [0.4, 0.5) is 11.4 Å². The molecule has 0 unspecified atom stereocenters. The molecule has 1 aliphatic rings. The number of hydrogen-bond acceptors (Lipinski definition) is 4.